The Hall–Kier alpha value is -1.65. The summed E-state index contributed by atoms with van der Waals surface area (Å²) in [7, 11) is 0. The third kappa shape index (κ3) is 0.540. The van der Waals surface area contributed by atoms with Gasteiger partial charge in [-0.3, -0.25) is 0 Å². The Morgan fingerprint density at radius 1 is 1.50 bits per heavy atom. The maximum atomic E-state index is 8.99. The van der Waals surface area contributed by atoms with E-state index < -0.39 is 0 Å². The van der Waals surface area contributed by atoms with E-state index in [1.54, 1.807) is 0 Å². The van der Waals surface area contributed by atoms with Crippen LogP contribution in [0.1, 0.15) is 0 Å². The molecule has 2 rings (SSSR count). The number of aromatic nitrogens is 4. The first-order valence-corrected chi connectivity index (χ1v) is 2.63. The van der Waals surface area contributed by atoms with E-state index in [-0.39, 0.29) is 6.01 Å². The van der Waals surface area contributed by atoms with Gasteiger partial charge in [0.05, 0.1) is 12.3 Å². The summed E-state index contributed by atoms with van der Waals surface area (Å²) >= 11 is 0. The number of hydrogen-bond donors (Lipinski definition) is 1. The largest absolute Gasteiger partial charge is 0.479 e. The Kier molecular flexibility index (Phi) is 0.858. The van der Waals surface area contributed by atoms with E-state index in [9.17, 15) is 0 Å². The predicted octanol–water partition coefficient (Wildman–Crippen LogP) is -0.370. The van der Waals surface area contributed by atoms with Gasteiger partial charge in [0.15, 0.2) is 5.65 Å². The minimum absolute atomic E-state index is 0.175. The van der Waals surface area contributed by atoms with Gasteiger partial charge in [0.2, 0.25) is 0 Å². The molecule has 0 unspecified atom stereocenters. The molecule has 0 bridgehead atoms. The van der Waals surface area contributed by atoms with Crippen LogP contribution in [0.5, 0.6) is 6.01 Å². The summed E-state index contributed by atoms with van der Waals surface area (Å²) < 4.78 is 1.19. The molecule has 0 saturated heterocycles. The van der Waals surface area contributed by atoms with Gasteiger partial charge in [-0.25, -0.2) is 4.98 Å². The second-order valence-electron chi connectivity index (χ2n) is 1.70. The normalized spacial score (nSPS) is 10.4. The maximum absolute atomic E-state index is 8.99. The van der Waals surface area contributed by atoms with Crippen LogP contribution in [0.4, 0.5) is 0 Å². The van der Waals surface area contributed by atoms with Crippen LogP contribution >= 0.6 is 0 Å². The highest BCUT2D eigenvalue weighted by Crippen LogP contribution is 2.02. The van der Waals surface area contributed by atoms with E-state index in [1.807, 2.05) is 0 Å². The predicted molar refractivity (Wildman–Crippen MR) is 31.3 cm³/mol. The highest BCUT2D eigenvalue weighted by molar-refractivity contribution is 5.34. The van der Waals surface area contributed by atoms with Crippen LogP contribution in [-0.2, 0) is 0 Å². The van der Waals surface area contributed by atoms with Gasteiger partial charge in [-0.2, -0.15) is 14.6 Å². The second-order valence-corrected chi connectivity index (χ2v) is 1.70. The lowest BCUT2D eigenvalue weighted by atomic mass is 10.7. The smallest absolute Gasteiger partial charge is 0.318 e. The van der Waals surface area contributed by atoms with E-state index >= 15 is 0 Å². The maximum Gasteiger partial charge on any atom is 0.318 e. The molecule has 0 fully saturated rings. The first kappa shape index (κ1) is 5.16. The lowest BCUT2D eigenvalue weighted by molar-refractivity contribution is 0.411. The molecule has 0 aliphatic carbocycles. The summed E-state index contributed by atoms with van der Waals surface area (Å²) in [6.45, 7) is 0. The van der Waals surface area contributed by atoms with Crippen molar-refractivity contribution in [1.29, 1.82) is 0 Å². The zero-order chi connectivity index (χ0) is 6.97. The van der Waals surface area contributed by atoms with Crippen molar-refractivity contribution in [2.45, 2.75) is 0 Å². The average molecular weight is 135 g/mol. The van der Waals surface area contributed by atoms with Crippen molar-refractivity contribution < 1.29 is 5.11 Å². The Morgan fingerprint density at radius 2 is 2.40 bits per heavy atom. The van der Waals surface area contributed by atoms with Gasteiger partial charge in [-0.1, -0.05) is 0 Å². The molecule has 0 spiro atoms. The van der Waals surface area contributed by atoms with E-state index in [4.69, 9.17) is 5.11 Å². The van der Waals surface area contributed by atoms with Gasteiger partial charge < -0.3 is 5.11 Å². The minimum atomic E-state index is -0.175. The molecule has 2 aromatic heterocycles. The van der Waals surface area contributed by atoms with Crippen molar-refractivity contribution in [3.63, 3.8) is 0 Å². The van der Waals surface area contributed by atoms with Gasteiger partial charge in [-0.05, 0) is 0 Å². The molecule has 0 amide bonds. The Bertz CT molecular complexity index is 355. The van der Waals surface area contributed by atoms with Crippen LogP contribution in [0.25, 0.3) is 5.65 Å². The Labute approximate surface area is 56.0 Å². The van der Waals surface area contributed by atoms with Crippen LogP contribution in [0.15, 0.2) is 12.5 Å². The van der Waals surface area contributed by atoms with Gasteiger partial charge >= 0.3 is 6.01 Å². The molecule has 0 saturated carbocycles. The molecule has 0 aromatic carbocycles. The lowest BCUT2D eigenvalue weighted by Crippen LogP contribution is -1.92. The minimum Gasteiger partial charge on any atom is -0.479 e. The quantitative estimate of drug-likeness (QED) is 0.535. The van der Waals surface area contributed by atoms with E-state index in [0.29, 0.717) is 5.65 Å². The Balaban J connectivity index is 2.95. The van der Waals surface area contributed by atoms with Crippen LogP contribution in [0.3, 0.4) is 0 Å². The molecule has 0 aliphatic heterocycles. The molecule has 1 radical (unpaired) electrons. The van der Waals surface area contributed by atoms with Crippen LogP contribution in [0, 0.1) is 6.07 Å². The summed E-state index contributed by atoms with van der Waals surface area (Å²) in [6.07, 6.45) is 2.67. The summed E-state index contributed by atoms with van der Waals surface area (Å²) in [5.41, 5.74) is 0.465. The molecule has 0 aliphatic rings. The van der Waals surface area contributed by atoms with E-state index in [2.05, 4.69) is 21.1 Å². The number of fused-ring (bicyclic) bond motifs is 1. The molecule has 5 nitrogen and oxygen atoms in total. The number of rotatable bonds is 0. The summed E-state index contributed by atoms with van der Waals surface area (Å²) in [6, 6.07) is 2.53. The van der Waals surface area contributed by atoms with E-state index in [1.165, 1.54) is 17.0 Å². The molecule has 49 valence electrons. The average Bonchev–Trinajstić information content (AvgIpc) is 2.36. The molecule has 2 heterocycles. The SMILES string of the molecule is Oc1ncnc2[c]cnn12. The highest BCUT2D eigenvalue weighted by Gasteiger charge is 1.98. The lowest BCUT2D eigenvalue weighted by Gasteiger charge is -1.91. The van der Waals surface area contributed by atoms with Crippen molar-refractivity contribution in [3.05, 3.63) is 18.6 Å². The molecular formula is C5H3N4O. The first-order chi connectivity index (χ1) is 4.88. The molecule has 1 N–H and O–H groups in total. The fourth-order valence-corrected chi connectivity index (χ4v) is 0.688. The van der Waals surface area contributed by atoms with Crippen molar-refractivity contribution in [2.24, 2.45) is 0 Å². The third-order valence-corrected chi connectivity index (χ3v) is 1.11. The second kappa shape index (κ2) is 1.66. The molecule has 5 heteroatoms. The third-order valence-electron chi connectivity index (χ3n) is 1.11. The first-order valence-electron chi connectivity index (χ1n) is 2.63. The zero-order valence-electron chi connectivity index (χ0n) is 4.89. The summed E-state index contributed by atoms with van der Waals surface area (Å²) in [5.74, 6) is 0. The highest BCUT2D eigenvalue weighted by atomic mass is 16.3. The van der Waals surface area contributed by atoms with Crippen molar-refractivity contribution >= 4 is 5.65 Å². The van der Waals surface area contributed by atoms with Crippen molar-refractivity contribution in [2.75, 3.05) is 0 Å². The number of aromatic hydroxyl groups is 1. The zero-order valence-corrected chi connectivity index (χ0v) is 4.89. The Morgan fingerprint density at radius 3 is 3.20 bits per heavy atom. The van der Waals surface area contributed by atoms with Gasteiger partial charge in [0.1, 0.15) is 6.33 Å². The molecule has 0 atom stereocenters. The van der Waals surface area contributed by atoms with Crippen LogP contribution in [0.2, 0.25) is 0 Å². The topological polar surface area (TPSA) is 63.3 Å². The monoisotopic (exact) mass is 135 g/mol. The fraction of sp³-hybridized carbons (Fsp3) is 0. The molecule has 10 heavy (non-hydrogen) atoms. The fourth-order valence-electron chi connectivity index (χ4n) is 0.688. The number of nitrogens with zero attached hydrogens (tertiary/aromatic N) is 4. The summed E-state index contributed by atoms with van der Waals surface area (Å²) in [4.78, 5) is 7.28. The number of hydrogen-bond acceptors (Lipinski definition) is 4. The van der Waals surface area contributed by atoms with Crippen molar-refractivity contribution in [3.8, 4) is 6.01 Å². The standard InChI is InChI=1S/C5H3N4O/c10-5-7-3-6-4-1-2-8-9(4)5/h2-3H,(H,6,7,10). The van der Waals surface area contributed by atoms with E-state index in [0.717, 1.165) is 0 Å². The molecular weight excluding hydrogens is 132 g/mol. The van der Waals surface area contributed by atoms with Gasteiger partial charge in [0.25, 0.3) is 0 Å². The van der Waals surface area contributed by atoms with Gasteiger partial charge in [-0.15, -0.1) is 0 Å². The summed E-state index contributed by atoms with van der Waals surface area (Å²) in [5, 5.41) is 12.7. The van der Waals surface area contributed by atoms with Crippen molar-refractivity contribution in [1.82, 2.24) is 19.6 Å². The van der Waals surface area contributed by atoms with Gasteiger partial charge in [0, 0.05) is 0 Å². The van der Waals surface area contributed by atoms with Crippen LogP contribution in [-0.4, -0.2) is 24.7 Å². The van der Waals surface area contributed by atoms with Crippen LogP contribution < -0.4 is 0 Å². The molecule has 2 aromatic rings.